The Labute approximate surface area is 114 Å². The standard InChI is InChI=1S/C13H12N4O3/c14-9-4-1-8(2-5-9)3-6-10(18)20-13-11(12(15)19)16-7-17-13/h1-7H,14H2,(H2,15,19)(H,16,17)/b6-3+. The van der Waals surface area contributed by atoms with Crippen molar-refractivity contribution < 1.29 is 14.3 Å². The molecule has 0 saturated carbocycles. The van der Waals surface area contributed by atoms with Crippen molar-refractivity contribution >= 4 is 23.6 Å². The molecule has 0 aliphatic rings. The summed E-state index contributed by atoms with van der Waals surface area (Å²) in [7, 11) is 0. The van der Waals surface area contributed by atoms with Crippen LogP contribution in [-0.2, 0) is 4.79 Å². The predicted molar refractivity (Wildman–Crippen MR) is 72.6 cm³/mol. The van der Waals surface area contributed by atoms with Crippen LogP contribution in [0.2, 0.25) is 0 Å². The molecule has 0 aliphatic heterocycles. The van der Waals surface area contributed by atoms with Gasteiger partial charge in [-0.2, -0.15) is 0 Å². The third-order valence-electron chi connectivity index (χ3n) is 2.40. The zero-order valence-electron chi connectivity index (χ0n) is 10.4. The third-order valence-corrected chi connectivity index (χ3v) is 2.40. The highest BCUT2D eigenvalue weighted by molar-refractivity contribution is 5.95. The van der Waals surface area contributed by atoms with Gasteiger partial charge in [0.2, 0.25) is 0 Å². The molecule has 1 heterocycles. The van der Waals surface area contributed by atoms with Gasteiger partial charge in [-0.25, -0.2) is 9.78 Å². The van der Waals surface area contributed by atoms with E-state index in [2.05, 4.69) is 9.97 Å². The van der Waals surface area contributed by atoms with Crippen molar-refractivity contribution in [1.82, 2.24) is 9.97 Å². The number of carbonyl (C=O) groups excluding carboxylic acids is 2. The summed E-state index contributed by atoms with van der Waals surface area (Å²) >= 11 is 0. The van der Waals surface area contributed by atoms with Crippen molar-refractivity contribution in [3.8, 4) is 5.88 Å². The first kappa shape index (κ1) is 13.3. The molecule has 7 nitrogen and oxygen atoms in total. The van der Waals surface area contributed by atoms with Gasteiger partial charge in [-0.05, 0) is 23.8 Å². The lowest BCUT2D eigenvalue weighted by atomic mass is 10.2. The second-order valence-electron chi connectivity index (χ2n) is 3.87. The van der Waals surface area contributed by atoms with Crippen LogP contribution in [0.25, 0.3) is 6.08 Å². The second kappa shape index (κ2) is 5.70. The maximum Gasteiger partial charge on any atom is 0.337 e. The number of esters is 1. The lowest BCUT2D eigenvalue weighted by Crippen LogP contribution is -2.14. The van der Waals surface area contributed by atoms with E-state index in [4.69, 9.17) is 16.2 Å². The highest BCUT2D eigenvalue weighted by Crippen LogP contribution is 2.12. The van der Waals surface area contributed by atoms with Crippen molar-refractivity contribution in [2.45, 2.75) is 0 Å². The summed E-state index contributed by atoms with van der Waals surface area (Å²) in [6, 6.07) is 6.93. The number of nitrogens with zero attached hydrogens (tertiary/aromatic N) is 1. The molecule has 1 aromatic carbocycles. The molecule has 102 valence electrons. The molecule has 0 unspecified atom stereocenters. The van der Waals surface area contributed by atoms with Crippen LogP contribution in [0.5, 0.6) is 5.88 Å². The minimum atomic E-state index is -0.757. The quantitative estimate of drug-likeness (QED) is 0.429. The molecule has 0 fully saturated rings. The summed E-state index contributed by atoms with van der Waals surface area (Å²) in [4.78, 5) is 28.8. The molecule has 0 radical (unpaired) electrons. The number of primary amides is 1. The Balaban J connectivity index is 2.03. The zero-order chi connectivity index (χ0) is 14.5. The van der Waals surface area contributed by atoms with Crippen LogP contribution in [0.15, 0.2) is 36.7 Å². The number of rotatable bonds is 4. The average molecular weight is 272 g/mol. The van der Waals surface area contributed by atoms with Gasteiger partial charge in [0.1, 0.15) is 0 Å². The van der Waals surface area contributed by atoms with E-state index in [9.17, 15) is 9.59 Å². The fraction of sp³-hybridized carbons (Fsp3) is 0. The van der Waals surface area contributed by atoms with Gasteiger partial charge in [0.25, 0.3) is 11.8 Å². The summed E-state index contributed by atoms with van der Waals surface area (Å²) in [5.74, 6) is -1.58. The first-order valence-corrected chi connectivity index (χ1v) is 5.65. The number of ether oxygens (including phenoxy) is 1. The van der Waals surface area contributed by atoms with Crippen molar-refractivity contribution in [3.63, 3.8) is 0 Å². The summed E-state index contributed by atoms with van der Waals surface area (Å²) < 4.78 is 4.90. The number of hydrogen-bond acceptors (Lipinski definition) is 5. The summed E-state index contributed by atoms with van der Waals surface area (Å²) in [6.07, 6.45) is 3.98. The monoisotopic (exact) mass is 272 g/mol. The number of benzene rings is 1. The summed E-state index contributed by atoms with van der Waals surface area (Å²) in [5.41, 5.74) is 12.0. The molecule has 1 aromatic heterocycles. The number of aromatic nitrogens is 2. The van der Waals surface area contributed by atoms with E-state index >= 15 is 0 Å². The van der Waals surface area contributed by atoms with Crippen LogP contribution in [0, 0.1) is 0 Å². The normalized spacial score (nSPS) is 10.6. The van der Waals surface area contributed by atoms with Gasteiger partial charge >= 0.3 is 5.97 Å². The minimum absolute atomic E-state index is 0.0563. The van der Waals surface area contributed by atoms with Crippen LogP contribution >= 0.6 is 0 Å². The molecule has 1 amide bonds. The molecule has 5 N–H and O–H groups in total. The van der Waals surface area contributed by atoms with Crippen molar-refractivity contribution in [2.24, 2.45) is 5.73 Å². The number of anilines is 1. The van der Waals surface area contributed by atoms with Gasteiger partial charge in [-0.3, -0.25) is 4.79 Å². The number of nitrogens with two attached hydrogens (primary N) is 2. The SMILES string of the molecule is NC(=O)c1[nH]cnc1OC(=O)/C=C/c1ccc(N)cc1. The van der Waals surface area contributed by atoms with Gasteiger partial charge in [-0.15, -0.1) is 0 Å². The fourth-order valence-corrected chi connectivity index (χ4v) is 1.44. The second-order valence-corrected chi connectivity index (χ2v) is 3.87. The number of nitrogen functional groups attached to an aromatic ring is 1. The zero-order valence-corrected chi connectivity index (χ0v) is 10.4. The maximum absolute atomic E-state index is 11.6. The first-order valence-electron chi connectivity index (χ1n) is 5.65. The van der Waals surface area contributed by atoms with Crippen molar-refractivity contribution in [2.75, 3.05) is 5.73 Å². The molecular formula is C13H12N4O3. The number of nitrogens with one attached hydrogen (secondary N) is 1. The van der Waals surface area contributed by atoms with Crippen LogP contribution in [0.4, 0.5) is 5.69 Å². The number of carbonyl (C=O) groups is 2. The van der Waals surface area contributed by atoms with E-state index in [-0.39, 0.29) is 11.6 Å². The van der Waals surface area contributed by atoms with Gasteiger partial charge in [0.15, 0.2) is 5.69 Å². The Morgan fingerprint density at radius 1 is 1.25 bits per heavy atom. The van der Waals surface area contributed by atoms with Crippen LogP contribution in [0.1, 0.15) is 16.1 Å². The molecule has 0 bridgehead atoms. The van der Waals surface area contributed by atoms with Crippen molar-refractivity contribution in [1.29, 1.82) is 0 Å². The minimum Gasteiger partial charge on any atom is -0.402 e. The van der Waals surface area contributed by atoms with Crippen LogP contribution < -0.4 is 16.2 Å². The fourth-order valence-electron chi connectivity index (χ4n) is 1.44. The molecule has 0 saturated heterocycles. The Morgan fingerprint density at radius 2 is 1.95 bits per heavy atom. The topological polar surface area (TPSA) is 124 Å². The molecule has 2 aromatic rings. The Bertz CT molecular complexity index is 659. The van der Waals surface area contributed by atoms with E-state index < -0.39 is 11.9 Å². The van der Waals surface area contributed by atoms with Crippen LogP contribution in [-0.4, -0.2) is 21.8 Å². The van der Waals surface area contributed by atoms with E-state index in [1.807, 2.05) is 0 Å². The molecule has 20 heavy (non-hydrogen) atoms. The highest BCUT2D eigenvalue weighted by Gasteiger charge is 2.14. The number of aromatic amines is 1. The van der Waals surface area contributed by atoms with E-state index in [0.29, 0.717) is 5.69 Å². The van der Waals surface area contributed by atoms with Gasteiger partial charge in [0.05, 0.1) is 6.33 Å². The van der Waals surface area contributed by atoms with E-state index in [1.54, 1.807) is 30.3 Å². The van der Waals surface area contributed by atoms with E-state index in [1.165, 1.54) is 12.4 Å². The summed E-state index contributed by atoms with van der Waals surface area (Å²) in [6.45, 7) is 0. The molecule has 0 aliphatic carbocycles. The maximum atomic E-state index is 11.6. The largest absolute Gasteiger partial charge is 0.402 e. The van der Waals surface area contributed by atoms with E-state index in [0.717, 1.165) is 5.56 Å². The Hall–Kier alpha value is -3.09. The number of hydrogen-bond donors (Lipinski definition) is 3. The number of imidazole rings is 1. The predicted octanol–water partition coefficient (Wildman–Crippen LogP) is 0.710. The molecule has 0 spiro atoms. The third kappa shape index (κ3) is 3.22. The van der Waals surface area contributed by atoms with Gasteiger partial charge < -0.3 is 21.2 Å². The smallest absolute Gasteiger partial charge is 0.337 e. The van der Waals surface area contributed by atoms with Gasteiger partial charge in [0, 0.05) is 11.8 Å². The highest BCUT2D eigenvalue weighted by atomic mass is 16.5. The molecule has 7 heteroatoms. The first-order chi connectivity index (χ1) is 9.56. The summed E-state index contributed by atoms with van der Waals surface area (Å²) in [5, 5.41) is 0. The Morgan fingerprint density at radius 3 is 2.60 bits per heavy atom. The lowest BCUT2D eigenvalue weighted by Gasteiger charge is -1.99. The van der Waals surface area contributed by atoms with Crippen molar-refractivity contribution in [3.05, 3.63) is 47.9 Å². The lowest BCUT2D eigenvalue weighted by molar-refractivity contribution is -0.129. The Kier molecular flexibility index (Phi) is 3.80. The molecule has 0 atom stereocenters. The number of amides is 1. The number of H-pyrrole nitrogens is 1. The average Bonchev–Trinajstić information content (AvgIpc) is 2.86. The molecular weight excluding hydrogens is 260 g/mol. The van der Waals surface area contributed by atoms with Crippen LogP contribution in [0.3, 0.4) is 0 Å². The van der Waals surface area contributed by atoms with Gasteiger partial charge in [-0.1, -0.05) is 12.1 Å². The molecule has 2 rings (SSSR count).